The molecule has 0 radical (unpaired) electrons. The largest absolute Gasteiger partial charge is 0.490 e. The Morgan fingerprint density at radius 3 is 2.52 bits per heavy atom. The summed E-state index contributed by atoms with van der Waals surface area (Å²) in [4.78, 5) is 8.95. The van der Waals surface area contributed by atoms with Crippen molar-refractivity contribution < 1.29 is 9.47 Å². The van der Waals surface area contributed by atoms with Gasteiger partial charge in [-0.3, -0.25) is 0 Å². The third-order valence-electron chi connectivity index (χ3n) is 4.59. The second-order valence-electron chi connectivity index (χ2n) is 7.19. The molecule has 0 amide bonds. The molecular formula is C25H34N2O2. The molecule has 29 heavy (non-hydrogen) atoms. The molecule has 1 heterocycles. The summed E-state index contributed by atoms with van der Waals surface area (Å²) in [5.41, 5.74) is 1.99. The predicted molar refractivity (Wildman–Crippen MR) is 121 cm³/mol. The maximum atomic E-state index is 5.83. The molecule has 0 aliphatic heterocycles. The molecule has 1 aromatic heterocycles. The Morgan fingerprint density at radius 2 is 1.83 bits per heavy atom. The van der Waals surface area contributed by atoms with Crippen molar-refractivity contribution in [1.29, 1.82) is 0 Å². The first-order chi connectivity index (χ1) is 14.2. The number of aromatic nitrogens is 2. The molecule has 0 spiro atoms. The normalized spacial score (nSPS) is 12.2. The lowest BCUT2D eigenvalue weighted by Crippen LogP contribution is -2.08. The van der Waals surface area contributed by atoms with E-state index in [0.29, 0.717) is 18.5 Å². The van der Waals surface area contributed by atoms with Crippen LogP contribution in [0.15, 0.2) is 55.4 Å². The van der Waals surface area contributed by atoms with Crippen LogP contribution in [-0.2, 0) is 4.74 Å². The first kappa shape index (κ1) is 22.8. The average molecular weight is 395 g/mol. The van der Waals surface area contributed by atoms with Gasteiger partial charge in [0.05, 0.1) is 6.10 Å². The lowest BCUT2D eigenvalue weighted by molar-refractivity contribution is 0.0566. The minimum absolute atomic E-state index is 0.344. The summed E-state index contributed by atoms with van der Waals surface area (Å²) in [6.07, 6.45) is 17.0. The average Bonchev–Trinajstić information content (AvgIpc) is 2.76. The van der Waals surface area contributed by atoms with Gasteiger partial charge in [0.1, 0.15) is 12.4 Å². The highest BCUT2D eigenvalue weighted by Gasteiger charge is 2.02. The van der Waals surface area contributed by atoms with Crippen LogP contribution in [0.5, 0.6) is 5.75 Å². The van der Waals surface area contributed by atoms with Crippen molar-refractivity contribution in [2.24, 2.45) is 0 Å². The van der Waals surface area contributed by atoms with Gasteiger partial charge in [0.15, 0.2) is 5.82 Å². The van der Waals surface area contributed by atoms with Crippen molar-refractivity contribution in [1.82, 2.24) is 9.97 Å². The molecule has 0 N–H and O–H groups in total. The summed E-state index contributed by atoms with van der Waals surface area (Å²) in [5.74, 6) is 1.53. The van der Waals surface area contributed by atoms with Crippen LogP contribution < -0.4 is 4.74 Å². The number of allylic oxidation sites excluding steroid dienone is 1. The highest BCUT2D eigenvalue weighted by Crippen LogP contribution is 2.19. The molecule has 1 aromatic carbocycles. The molecule has 2 aromatic rings. The SMILES string of the molecule is C=CCOc1ccc(-c2ncc(C=CCCCC(C)OCCCCC)cn2)cc1. The van der Waals surface area contributed by atoms with E-state index in [1.165, 1.54) is 19.3 Å². The molecule has 0 aliphatic rings. The van der Waals surface area contributed by atoms with Crippen LogP contribution in [0.25, 0.3) is 17.5 Å². The van der Waals surface area contributed by atoms with E-state index in [0.717, 1.165) is 42.7 Å². The van der Waals surface area contributed by atoms with Gasteiger partial charge in [-0.25, -0.2) is 9.97 Å². The van der Waals surface area contributed by atoms with Crippen LogP contribution in [-0.4, -0.2) is 29.3 Å². The number of nitrogens with zero attached hydrogens (tertiary/aromatic N) is 2. The molecule has 0 saturated carbocycles. The topological polar surface area (TPSA) is 44.2 Å². The molecule has 1 atom stereocenters. The lowest BCUT2D eigenvalue weighted by Gasteiger charge is -2.11. The lowest BCUT2D eigenvalue weighted by atomic mass is 10.1. The molecule has 1 unspecified atom stereocenters. The van der Waals surface area contributed by atoms with E-state index in [4.69, 9.17) is 9.47 Å². The molecule has 0 fully saturated rings. The summed E-state index contributed by atoms with van der Waals surface area (Å²) in [6, 6.07) is 7.78. The monoisotopic (exact) mass is 394 g/mol. The van der Waals surface area contributed by atoms with Crippen molar-refractivity contribution >= 4 is 6.08 Å². The van der Waals surface area contributed by atoms with Gasteiger partial charge >= 0.3 is 0 Å². The zero-order valence-corrected chi connectivity index (χ0v) is 17.8. The van der Waals surface area contributed by atoms with E-state index < -0.39 is 0 Å². The Balaban J connectivity index is 1.72. The van der Waals surface area contributed by atoms with Crippen molar-refractivity contribution in [2.75, 3.05) is 13.2 Å². The number of unbranched alkanes of at least 4 members (excludes halogenated alkanes) is 3. The van der Waals surface area contributed by atoms with E-state index in [-0.39, 0.29) is 0 Å². The van der Waals surface area contributed by atoms with Crippen LogP contribution in [0.4, 0.5) is 0 Å². The molecule has 0 aliphatic carbocycles. The van der Waals surface area contributed by atoms with E-state index in [1.54, 1.807) is 6.08 Å². The van der Waals surface area contributed by atoms with Crippen LogP contribution in [0, 0.1) is 0 Å². The zero-order chi connectivity index (χ0) is 20.7. The maximum absolute atomic E-state index is 5.83. The Hall–Kier alpha value is -2.46. The Labute approximate surface area is 175 Å². The van der Waals surface area contributed by atoms with Crippen molar-refractivity contribution in [2.45, 2.75) is 58.5 Å². The van der Waals surface area contributed by atoms with Gasteiger partial charge < -0.3 is 9.47 Å². The van der Waals surface area contributed by atoms with E-state index in [9.17, 15) is 0 Å². The first-order valence-electron chi connectivity index (χ1n) is 10.7. The summed E-state index contributed by atoms with van der Waals surface area (Å²) < 4.78 is 11.3. The van der Waals surface area contributed by atoms with Crippen LogP contribution in [0.3, 0.4) is 0 Å². The van der Waals surface area contributed by atoms with E-state index in [2.05, 4.69) is 42.5 Å². The van der Waals surface area contributed by atoms with E-state index in [1.807, 2.05) is 36.7 Å². The van der Waals surface area contributed by atoms with Gasteiger partial charge in [-0.2, -0.15) is 0 Å². The fraction of sp³-hybridized carbons (Fsp3) is 0.440. The zero-order valence-electron chi connectivity index (χ0n) is 17.8. The Bertz CT molecular complexity index is 723. The van der Waals surface area contributed by atoms with Crippen molar-refractivity contribution in [3.63, 3.8) is 0 Å². The highest BCUT2D eigenvalue weighted by molar-refractivity contribution is 5.57. The van der Waals surface area contributed by atoms with Crippen molar-refractivity contribution in [3.8, 4) is 17.1 Å². The molecule has 4 heteroatoms. The number of hydrogen-bond acceptors (Lipinski definition) is 4. The second-order valence-corrected chi connectivity index (χ2v) is 7.19. The van der Waals surface area contributed by atoms with Gasteiger partial charge in [-0.1, -0.05) is 44.6 Å². The number of benzene rings is 1. The van der Waals surface area contributed by atoms with E-state index >= 15 is 0 Å². The molecule has 0 saturated heterocycles. The molecular weight excluding hydrogens is 360 g/mol. The van der Waals surface area contributed by atoms with Gasteiger partial charge in [0, 0.05) is 30.1 Å². The number of ether oxygens (including phenoxy) is 2. The standard InChI is InChI=1S/C25H34N2O2/c1-4-6-10-18-28-21(3)11-8-7-9-12-22-19-26-25(27-20-22)23-13-15-24(16-14-23)29-17-5-2/h5,9,12-16,19-21H,2,4,6-8,10-11,17-18H2,1,3H3. The Morgan fingerprint density at radius 1 is 1.07 bits per heavy atom. The number of rotatable bonds is 14. The van der Waals surface area contributed by atoms with Crippen LogP contribution in [0.1, 0.15) is 57.9 Å². The van der Waals surface area contributed by atoms with Gasteiger partial charge in [-0.15, -0.1) is 0 Å². The molecule has 0 bridgehead atoms. The first-order valence-corrected chi connectivity index (χ1v) is 10.7. The molecule has 156 valence electrons. The quantitative estimate of drug-likeness (QED) is 0.271. The smallest absolute Gasteiger partial charge is 0.159 e. The van der Waals surface area contributed by atoms with Gasteiger partial charge in [0.2, 0.25) is 0 Å². The minimum atomic E-state index is 0.344. The summed E-state index contributed by atoms with van der Waals surface area (Å²) in [7, 11) is 0. The molecule has 4 nitrogen and oxygen atoms in total. The third kappa shape index (κ3) is 9.05. The number of hydrogen-bond donors (Lipinski definition) is 0. The highest BCUT2D eigenvalue weighted by atomic mass is 16.5. The molecule has 2 rings (SSSR count). The van der Waals surface area contributed by atoms with Crippen LogP contribution >= 0.6 is 0 Å². The third-order valence-corrected chi connectivity index (χ3v) is 4.59. The van der Waals surface area contributed by atoms with Crippen LogP contribution in [0.2, 0.25) is 0 Å². The maximum Gasteiger partial charge on any atom is 0.159 e. The minimum Gasteiger partial charge on any atom is -0.490 e. The summed E-state index contributed by atoms with van der Waals surface area (Å²) in [5, 5.41) is 0. The Kier molecular flexibility index (Phi) is 10.8. The fourth-order valence-corrected chi connectivity index (χ4v) is 2.89. The second kappa shape index (κ2) is 13.7. The summed E-state index contributed by atoms with van der Waals surface area (Å²) in [6.45, 7) is 9.42. The fourth-order valence-electron chi connectivity index (χ4n) is 2.89. The predicted octanol–water partition coefficient (Wildman–Crippen LogP) is 6.49. The van der Waals surface area contributed by atoms with Gasteiger partial charge in [-0.05, 0) is 56.9 Å². The van der Waals surface area contributed by atoms with Gasteiger partial charge in [0.25, 0.3) is 0 Å². The summed E-state index contributed by atoms with van der Waals surface area (Å²) >= 11 is 0. The van der Waals surface area contributed by atoms with Crippen molar-refractivity contribution in [3.05, 3.63) is 61.0 Å².